The molecule has 0 aliphatic rings. The highest BCUT2D eigenvalue weighted by Gasteiger charge is 2.16. The first kappa shape index (κ1) is 13.5. The highest BCUT2D eigenvalue weighted by Crippen LogP contribution is 2.27. The van der Waals surface area contributed by atoms with E-state index in [4.69, 9.17) is 17.4 Å². The zero-order valence-corrected chi connectivity index (χ0v) is 11.5. The summed E-state index contributed by atoms with van der Waals surface area (Å²) < 4.78 is 13.7. The molecule has 0 saturated carbocycles. The minimum atomic E-state index is -0.297. The van der Waals surface area contributed by atoms with Crippen molar-refractivity contribution in [3.63, 3.8) is 0 Å². The van der Waals surface area contributed by atoms with Crippen LogP contribution in [0.2, 0.25) is 5.02 Å². The molecule has 2 aromatic rings. The molecular weight excluding hydrogens is 271 g/mol. The van der Waals surface area contributed by atoms with Crippen LogP contribution in [0.4, 0.5) is 4.39 Å². The van der Waals surface area contributed by atoms with Crippen LogP contribution in [0.1, 0.15) is 22.0 Å². The van der Waals surface area contributed by atoms with Crippen molar-refractivity contribution < 1.29 is 4.39 Å². The number of halogens is 2. The van der Waals surface area contributed by atoms with Gasteiger partial charge in [-0.25, -0.2) is 4.39 Å². The molecule has 3 N–H and O–H groups in total. The van der Waals surface area contributed by atoms with Gasteiger partial charge in [-0.2, -0.15) is 0 Å². The summed E-state index contributed by atoms with van der Waals surface area (Å²) >= 11 is 7.66. The topological polar surface area (TPSA) is 38.0 Å². The average molecular weight is 285 g/mol. The van der Waals surface area contributed by atoms with E-state index in [2.05, 4.69) is 5.43 Å². The molecule has 1 heterocycles. The van der Waals surface area contributed by atoms with E-state index in [1.165, 1.54) is 10.9 Å². The highest BCUT2D eigenvalue weighted by atomic mass is 35.5. The Morgan fingerprint density at radius 3 is 2.83 bits per heavy atom. The maximum atomic E-state index is 13.7. The average Bonchev–Trinajstić information content (AvgIpc) is 2.76. The minimum absolute atomic E-state index is 0.135. The number of hydrogen-bond donors (Lipinski definition) is 2. The van der Waals surface area contributed by atoms with Crippen LogP contribution < -0.4 is 11.3 Å². The Morgan fingerprint density at radius 1 is 1.50 bits per heavy atom. The van der Waals surface area contributed by atoms with Crippen LogP contribution in [-0.4, -0.2) is 0 Å². The molecule has 0 fully saturated rings. The first-order chi connectivity index (χ1) is 8.61. The fourth-order valence-electron chi connectivity index (χ4n) is 1.85. The van der Waals surface area contributed by atoms with Crippen LogP contribution in [0.15, 0.2) is 29.6 Å². The Bertz CT molecular complexity index is 521. The fourth-order valence-corrected chi connectivity index (χ4v) is 2.85. The Morgan fingerprint density at radius 2 is 2.28 bits per heavy atom. The Balaban J connectivity index is 2.26. The molecule has 5 heteroatoms. The lowest BCUT2D eigenvalue weighted by atomic mass is 10.0. The van der Waals surface area contributed by atoms with Gasteiger partial charge < -0.3 is 0 Å². The minimum Gasteiger partial charge on any atom is -0.271 e. The zero-order chi connectivity index (χ0) is 13.1. The lowest BCUT2D eigenvalue weighted by Crippen LogP contribution is -2.29. The molecule has 1 atom stereocenters. The van der Waals surface area contributed by atoms with Gasteiger partial charge in [0.05, 0.1) is 6.04 Å². The van der Waals surface area contributed by atoms with E-state index in [1.807, 2.05) is 18.4 Å². The standard InChI is InChI=1S/C13H14ClFN2S/c1-8-5-9(7-18-8)13(17-16)6-10-11(14)3-2-4-12(10)15/h2-5,7,13,17H,6,16H2,1H3. The second-order valence-corrected chi connectivity index (χ2v) is 5.64. The molecule has 96 valence electrons. The summed E-state index contributed by atoms with van der Waals surface area (Å²) in [5.74, 6) is 5.25. The number of rotatable bonds is 4. The number of hydrogen-bond acceptors (Lipinski definition) is 3. The van der Waals surface area contributed by atoms with Crippen LogP contribution in [0.5, 0.6) is 0 Å². The smallest absolute Gasteiger partial charge is 0.127 e. The van der Waals surface area contributed by atoms with E-state index < -0.39 is 0 Å². The highest BCUT2D eigenvalue weighted by molar-refractivity contribution is 7.10. The summed E-state index contributed by atoms with van der Waals surface area (Å²) in [6.45, 7) is 2.03. The summed E-state index contributed by atoms with van der Waals surface area (Å²) in [6.07, 6.45) is 0.429. The Hall–Kier alpha value is -0.940. The quantitative estimate of drug-likeness (QED) is 0.665. The van der Waals surface area contributed by atoms with Crippen molar-refractivity contribution in [1.29, 1.82) is 0 Å². The molecule has 0 saturated heterocycles. The second kappa shape index (κ2) is 5.80. The van der Waals surface area contributed by atoms with E-state index in [9.17, 15) is 4.39 Å². The monoisotopic (exact) mass is 284 g/mol. The van der Waals surface area contributed by atoms with E-state index in [-0.39, 0.29) is 11.9 Å². The number of aryl methyl sites for hydroxylation is 1. The molecule has 1 aromatic heterocycles. The third-order valence-corrected chi connectivity index (χ3v) is 4.06. The molecule has 18 heavy (non-hydrogen) atoms. The van der Waals surface area contributed by atoms with Crippen molar-refractivity contribution in [2.24, 2.45) is 5.84 Å². The van der Waals surface area contributed by atoms with E-state index in [1.54, 1.807) is 23.5 Å². The zero-order valence-electron chi connectivity index (χ0n) is 9.91. The normalized spacial score (nSPS) is 12.7. The van der Waals surface area contributed by atoms with Gasteiger partial charge in [0.1, 0.15) is 5.82 Å². The molecule has 1 aromatic carbocycles. The van der Waals surface area contributed by atoms with Gasteiger partial charge in [-0.1, -0.05) is 17.7 Å². The van der Waals surface area contributed by atoms with Gasteiger partial charge >= 0.3 is 0 Å². The molecule has 2 rings (SSSR count). The van der Waals surface area contributed by atoms with Gasteiger partial charge in [-0.3, -0.25) is 11.3 Å². The number of hydrazine groups is 1. The SMILES string of the molecule is Cc1cc(C(Cc2c(F)cccc2Cl)NN)cs1. The van der Waals surface area contributed by atoms with Crippen LogP contribution >= 0.6 is 22.9 Å². The lowest BCUT2D eigenvalue weighted by molar-refractivity contribution is 0.530. The largest absolute Gasteiger partial charge is 0.271 e. The predicted molar refractivity (Wildman–Crippen MR) is 74.2 cm³/mol. The number of benzene rings is 1. The summed E-state index contributed by atoms with van der Waals surface area (Å²) in [5.41, 5.74) is 4.26. The maximum absolute atomic E-state index is 13.7. The van der Waals surface area contributed by atoms with E-state index in [0.717, 1.165) is 5.56 Å². The van der Waals surface area contributed by atoms with Crippen molar-refractivity contribution in [3.8, 4) is 0 Å². The maximum Gasteiger partial charge on any atom is 0.127 e. The van der Waals surface area contributed by atoms with E-state index in [0.29, 0.717) is 17.0 Å². The van der Waals surface area contributed by atoms with Crippen molar-refractivity contribution in [3.05, 3.63) is 56.5 Å². The van der Waals surface area contributed by atoms with Crippen molar-refractivity contribution in [1.82, 2.24) is 5.43 Å². The Labute approximate surface area is 115 Å². The van der Waals surface area contributed by atoms with Crippen LogP contribution in [0.25, 0.3) is 0 Å². The lowest BCUT2D eigenvalue weighted by Gasteiger charge is -2.16. The van der Waals surface area contributed by atoms with Gasteiger partial charge in [-0.05, 0) is 42.5 Å². The fraction of sp³-hybridized carbons (Fsp3) is 0.231. The third-order valence-electron chi connectivity index (χ3n) is 2.82. The summed E-state index contributed by atoms with van der Waals surface area (Å²) in [4.78, 5) is 1.20. The van der Waals surface area contributed by atoms with Crippen molar-refractivity contribution in [2.45, 2.75) is 19.4 Å². The van der Waals surface area contributed by atoms with Crippen molar-refractivity contribution in [2.75, 3.05) is 0 Å². The number of thiophene rings is 1. The molecule has 0 radical (unpaired) electrons. The number of nitrogens with one attached hydrogen (secondary N) is 1. The van der Waals surface area contributed by atoms with Crippen molar-refractivity contribution >= 4 is 22.9 Å². The Kier molecular flexibility index (Phi) is 4.35. The van der Waals surface area contributed by atoms with E-state index >= 15 is 0 Å². The molecular formula is C13H14ClFN2S. The molecule has 1 unspecified atom stereocenters. The molecule has 2 nitrogen and oxygen atoms in total. The third kappa shape index (κ3) is 2.90. The first-order valence-electron chi connectivity index (χ1n) is 5.56. The molecule has 0 spiro atoms. The molecule has 0 amide bonds. The van der Waals surface area contributed by atoms with Gasteiger partial charge in [-0.15, -0.1) is 11.3 Å². The van der Waals surface area contributed by atoms with Gasteiger partial charge in [0.25, 0.3) is 0 Å². The van der Waals surface area contributed by atoms with Crippen LogP contribution in [0.3, 0.4) is 0 Å². The first-order valence-corrected chi connectivity index (χ1v) is 6.81. The molecule has 0 aliphatic carbocycles. The second-order valence-electron chi connectivity index (χ2n) is 4.11. The predicted octanol–water partition coefficient (Wildman–Crippen LogP) is 3.60. The molecule has 0 bridgehead atoms. The van der Waals surface area contributed by atoms with Gasteiger partial charge in [0.15, 0.2) is 0 Å². The van der Waals surface area contributed by atoms with Crippen LogP contribution in [-0.2, 0) is 6.42 Å². The summed E-state index contributed by atoms with van der Waals surface area (Å²) in [7, 11) is 0. The van der Waals surface area contributed by atoms with Gasteiger partial charge in [0, 0.05) is 15.5 Å². The van der Waals surface area contributed by atoms with Gasteiger partial charge in [0.2, 0.25) is 0 Å². The summed E-state index contributed by atoms with van der Waals surface area (Å²) in [5, 5.41) is 2.46. The number of nitrogens with two attached hydrogens (primary N) is 1. The summed E-state index contributed by atoms with van der Waals surface area (Å²) in [6, 6.07) is 6.61. The molecule has 0 aliphatic heterocycles. The van der Waals surface area contributed by atoms with Crippen LogP contribution in [0, 0.1) is 12.7 Å².